The lowest BCUT2D eigenvalue weighted by Crippen LogP contribution is -2.41. The number of nitrogens with zero attached hydrogens (tertiary/aromatic N) is 2. The molecule has 3 aliphatic rings. The van der Waals surface area contributed by atoms with E-state index in [9.17, 15) is 4.39 Å². The predicted octanol–water partition coefficient (Wildman–Crippen LogP) is 12.8. The predicted molar refractivity (Wildman–Crippen MR) is 205 cm³/mol. The number of hydrogen-bond donors (Lipinski definition) is 0. The van der Waals surface area contributed by atoms with Crippen LogP contribution in [-0.2, 0) is 11.1 Å². The first kappa shape index (κ1) is 32.7. The summed E-state index contributed by atoms with van der Waals surface area (Å²) in [6.07, 6.45) is 0. The third-order valence-electron chi connectivity index (χ3n) is 11.9. The molecule has 2 aromatic heterocycles. The van der Waals surface area contributed by atoms with Gasteiger partial charge in [0.15, 0.2) is 23.3 Å². The largest absolute Gasteiger partial charge is 0.457 e. The second-order valence-corrected chi connectivity index (χ2v) is 17.3. The highest BCUT2D eigenvalue weighted by atomic mass is 32.1. The van der Waals surface area contributed by atoms with Gasteiger partial charge in [-0.15, -0.1) is 22.7 Å². The minimum atomic E-state index is -2.19. The van der Waals surface area contributed by atoms with Gasteiger partial charge < -0.3 is 14.5 Å². The molecule has 0 spiro atoms. The van der Waals surface area contributed by atoms with Crippen molar-refractivity contribution >= 4 is 54.2 Å². The summed E-state index contributed by atoms with van der Waals surface area (Å²) in [5.74, 6) is -10.7. The van der Waals surface area contributed by atoms with Crippen LogP contribution in [0.2, 0.25) is 0 Å². The smallest absolute Gasteiger partial charge is 0.200 e. The molecule has 0 N–H and O–H groups in total. The summed E-state index contributed by atoms with van der Waals surface area (Å²) in [7, 11) is 3.99. The monoisotopic (exact) mass is 750 g/mol. The Balaban J connectivity index is 1.29. The van der Waals surface area contributed by atoms with Crippen LogP contribution in [0.15, 0.2) is 72.8 Å². The van der Waals surface area contributed by atoms with E-state index in [4.69, 9.17) is 4.74 Å². The zero-order valence-corrected chi connectivity index (χ0v) is 31.1. The van der Waals surface area contributed by atoms with Gasteiger partial charge in [-0.1, -0.05) is 36.4 Å². The van der Waals surface area contributed by atoms with Crippen LogP contribution in [0.3, 0.4) is 0 Å². The van der Waals surface area contributed by atoms with E-state index < -0.39 is 51.6 Å². The van der Waals surface area contributed by atoms with Crippen molar-refractivity contribution in [2.75, 3.05) is 23.9 Å². The van der Waals surface area contributed by atoms with Gasteiger partial charge in [0, 0.05) is 102 Å². The van der Waals surface area contributed by atoms with Gasteiger partial charge in [-0.05, 0) is 62.7 Å². The maximum absolute atomic E-state index is 16.2. The van der Waals surface area contributed by atoms with Crippen molar-refractivity contribution in [1.82, 2.24) is 0 Å². The first-order chi connectivity index (χ1) is 25.2. The van der Waals surface area contributed by atoms with E-state index in [1.54, 1.807) is 22.7 Å². The molecule has 266 valence electrons. The fourth-order valence-electron chi connectivity index (χ4n) is 8.81. The summed E-state index contributed by atoms with van der Waals surface area (Å²) in [4.78, 5) is 6.28. The lowest BCUT2D eigenvalue weighted by Gasteiger charge is -2.45. The van der Waals surface area contributed by atoms with Crippen LogP contribution in [-0.4, -0.2) is 14.1 Å². The van der Waals surface area contributed by atoms with Crippen molar-refractivity contribution in [3.8, 4) is 32.4 Å². The SMILES string of the molecule is CN1c2cc3c(cc2-c2sc4ccccc4c2C1(C)C)C(c1c(F)c(F)c(F)c(F)c1F)c1cc2c(cc1O3)N(C)C(C)(C)c1c-2sc2ccccc12. The number of benzene rings is 5. The number of rotatable bonds is 1. The molecule has 3 aliphatic heterocycles. The van der Waals surface area contributed by atoms with E-state index in [1.165, 1.54) is 0 Å². The van der Waals surface area contributed by atoms with Gasteiger partial charge >= 0.3 is 0 Å². The van der Waals surface area contributed by atoms with Crippen LogP contribution in [0.1, 0.15) is 61.4 Å². The summed E-state index contributed by atoms with van der Waals surface area (Å²) in [6, 6.07) is 23.6. The Morgan fingerprint density at radius 1 is 0.566 bits per heavy atom. The standard InChI is InChI=1S/C43H31F5N2OS2/c1-42(2)33-19-11-7-9-13-29(19)52-40(33)21-15-23-27(17-25(21)49(42)5)51-28-18-26-22(16-24(28)31(23)32-35(44)37(46)39(48)38(47)36(32)45)41-34(43(3,4)50(26)6)20-12-8-10-14-30(20)53-41/h7-18,31H,1-6H3. The second kappa shape index (κ2) is 10.6. The van der Waals surface area contributed by atoms with Gasteiger partial charge in [0.05, 0.1) is 11.1 Å². The van der Waals surface area contributed by atoms with Gasteiger partial charge in [-0.2, -0.15) is 0 Å². The molecule has 53 heavy (non-hydrogen) atoms. The molecule has 0 aliphatic carbocycles. The van der Waals surface area contributed by atoms with E-state index >= 15 is 17.6 Å². The van der Waals surface area contributed by atoms with Gasteiger partial charge in [-0.3, -0.25) is 0 Å². The average Bonchev–Trinajstić information content (AvgIpc) is 3.74. The quantitative estimate of drug-likeness (QED) is 0.0944. The van der Waals surface area contributed by atoms with Gasteiger partial charge in [0.2, 0.25) is 5.82 Å². The minimum Gasteiger partial charge on any atom is -0.457 e. The Kier molecular flexibility index (Phi) is 6.54. The molecule has 10 rings (SSSR count). The van der Waals surface area contributed by atoms with Crippen molar-refractivity contribution < 1.29 is 26.7 Å². The van der Waals surface area contributed by atoms with E-state index in [2.05, 4.69) is 61.8 Å². The second-order valence-electron chi connectivity index (χ2n) is 15.2. The maximum Gasteiger partial charge on any atom is 0.200 e. The molecule has 5 heterocycles. The molecule has 7 aromatic rings. The number of halogens is 5. The van der Waals surface area contributed by atoms with Crippen molar-refractivity contribution in [2.24, 2.45) is 0 Å². The normalized spacial score (nSPS) is 16.5. The summed E-state index contributed by atoms with van der Waals surface area (Å²) in [5, 5.41) is 2.20. The first-order valence-corrected chi connectivity index (χ1v) is 18.9. The lowest BCUT2D eigenvalue weighted by molar-refractivity contribution is 0.366. The third-order valence-corrected chi connectivity index (χ3v) is 14.3. The lowest BCUT2D eigenvalue weighted by atomic mass is 9.77. The number of thiophene rings is 2. The number of ether oxygens (including phenoxy) is 1. The molecule has 0 saturated carbocycles. The fourth-order valence-corrected chi connectivity index (χ4v) is 11.6. The molecule has 3 nitrogen and oxygen atoms in total. The Labute approximate surface area is 310 Å². The van der Waals surface area contributed by atoms with Crippen LogP contribution in [0.5, 0.6) is 11.5 Å². The van der Waals surface area contributed by atoms with Gasteiger partial charge in [-0.25, -0.2) is 22.0 Å². The Bertz CT molecular complexity index is 2600. The van der Waals surface area contributed by atoms with E-state index in [0.717, 1.165) is 63.6 Å². The molecule has 0 bridgehead atoms. The van der Waals surface area contributed by atoms with Gasteiger partial charge in [0.1, 0.15) is 11.5 Å². The number of hydrogen-bond acceptors (Lipinski definition) is 5. The summed E-state index contributed by atoms with van der Waals surface area (Å²) < 4.78 is 86.1. The van der Waals surface area contributed by atoms with E-state index in [0.29, 0.717) is 11.1 Å². The fraction of sp³-hybridized carbons (Fsp3) is 0.209. The average molecular weight is 751 g/mol. The highest BCUT2D eigenvalue weighted by Gasteiger charge is 2.45. The molecular weight excluding hydrogens is 720 g/mol. The molecule has 0 saturated heterocycles. The molecule has 0 atom stereocenters. The molecule has 10 heteroatoms. The number of fused-ring (bicyclic) bond motifs is 12. The van der Waals surface area contributed by atoms with Crippen LogP contribution in [0.25, 0.3) is 41.1 Å². The highest BCUT2D eigenvalue weighted by Crippen LogP contribution is 2.61. The first-order valence-electron chi connectivity index (χ1n) is 17.3. The zero-order chi connectivity index (χ0) is 37.0. The molecular formula is C43H31F5N2OS2. The molecule has 0 amide bonds. The maximum atomic E-state index is 16.2. The minimum absolute atomic E-state index is 0.289. The van der Waals surface area contributed by atoms with Crippen LogP contribution < -0.4 is 14.5 Å². The Morgan fingerprint density at radius 2 is 0.962 bits per heavy atom. The van der Waals surface area contributed by atoms with Gasteiger partial charge in [0.25, 0.3) is 0 Å². The number of anilines is 2. The van der Waals surface area contributed by atoms with Crippen LogP contribution in [0, 0.1) is 29.1 Å². The Morgan fingerprint density at radius 3 is 1.40 bits per heavy atom. The van der Waals surface area contributed by atoms with Crippen molar-refractivity contribution in [2.45, 2.75) is 44.7 Å². The van der Waals surface area contributed by atoms with Crippen molar-refractivity contribution in [3.63, 3.8) is 0 Å². The highest BCUT2D eigenvalue weighted by molar-refractivity contribution is 7.23. The molecule has 0 fully saturated rings. The van der Waals surface area contributed by atoms with Crippen molar-refractivity contribution in [1.29, 1.82) is 0 Å². The van der Waals surface area contributed by atoms with Crippen LogP contribution in [0.4, 0.5) is 33.3 Å². The van der Waals surface area contributed by atoms with Crippen LogP contribution >= 0.6 is 22.7 Å². The molecule has 0 radical (unpaired) electrons. The van der Waals surface area contributed by atoms with Crippen molar-refractivity contribution in [3.05, 3.63) is 130 Å². The Hall–Kier alpha value is -4.93. The topological polar surface area (TPSA) is 15.7 Å². The zero-order valence-electron chi connectivity index (χ0n) is 29.5. The summed E-state index contributed by atoms with van der Waals surface area (Å²) in [6.45, 7) is 8.58. The molecule has 0 unspecified atom stereocenters. The third kappa shape index (κ3) is 4.08. The summed E-state index contributed by atoms with van der Waals surface area (Å²) >= 11 is 3.23. The molecule has 5 aromatic carbocycles. The van der Waals surface area contributed by atoms with E-state index in [-0.39, 0.29) is 11.5 Å². The van der Waals surface area contributed by atoms with E-state index in [1.807, 2.05) is 62.6 Å². The summed E-state index contributed by atoms with van der Waals surface area (Å²) in [5.41, 5.74) is 4.31.